The number of hydrogen-bond acceptors (Lipinski definition) is 3. The molecule has 1 aromatic rings. The SMILES string of the molecule is O=C(O)c1cc(C(=O)O)c[c]([Sb](=[O])([OH])[OH])c1. The van der Waals surface area contributed by atoms with Gasteiger partial charge in [-0.3, -0.25) is 0 Å². The van der Waals surface area contributed by atoms with Crippen molar-refractivity contribution >= 4 is 35.1 Å². The van der Waals surface area contributed by atoms with Crippen LogP contribution >= 0.6 is 0 Å². The summed E-state index contributed by atoms with van der Waals surface area (Å²) in [5.74, 6) is -2.89. The molecule has 0 aliphatic heterocycles. The molecule has 1 aromatic carbocycles. The molecule has 0 bridgehead atoms. The van der Waals surface area contributed by atoms with Crippen LogP contribution < -0.4 is 3.51 Å². The second kappa shape index (κ2) is 4.29. The Kier molecular flexibility index (Phi) is 3.42. The molecule has 4 N–H and O–H groups in total. The first-order valence-corrected chi connectivity index (χ1v) is 8.50. The van der Waals surface area contributed by atoms with E-state index in [1.807, 2.05) is 0 Å². The van der Waals surface area contributed by atoms with Gasteiger partial charge in [-0.05, 0) is 0 Å². The third-order valence-electron chi connectivity index (χ3n) is 1.75. The van der Waals surface area contributed by atoms with Gasteiger partial charge in [0.05, 0.1) is 0 Å². The van der Waals surface area contributed by atoms with Gasteiger partial charge in [0.15, 0.2) is 0 Å². The second-order valence-electron chi connectivity index (χ2n) is 2.92. The first kappa shape index (κ1) is 12.8. The van der Waals surface area contributed by atoms with Gasteiger partial charge < -0.3 is 0 Å². The second-order valence-corrected chi connectivity index (χ2v) is 7.50. The zero-order valence-electron chi connectivity index (χ0n) is 7.69. The maximum absolute atomic E-state index is 11.0. The summed E-state index contributed by atoms with van der Waals surface area (Å²) in [4.78, 5) is 21.2. The summed E-state index contributed by atoms with van der Waals surface area (Å²) >= 11 is -5.59. The molecule has 0 saturated heterocycles. The van der Waals surface area contributed by atoms with Crippen molar-refractivity contribution in [1.29, 1.82) is 0 Å². The van der Waals surface area contributed by atoms with Crippen molar-refractivity contribution in [2.24, 2.45) is 0 Å². The maximum atomic E-state index is 11.0. The molecule has 86 valence electrons. The van der Waals surface area contributed by atoms with Crippen molar-refractivity contribution in [2.45, 2.75) is 0 Å². The number of aromatic carboxylic acids is 2. The average molecular weight is 337 g/mol. The van der Waals surface area contributed by atoms with Gasteiger partial charge in [-0.1, -0.05) is 0 Å². The Labute approximate surface area is 94.1 Å². The van der Waals surface area contributed by atoms with Crippen molar-refractivity contribution in [3.63, 3.8) is 0 Å². The Balaban J connectivity index is 3.48. The standard InChI is InChI=1S/C8H5O4.2H2O.O.Sb/c9-7(10)5-2-1-3-6(4-5)8(11)12;;;;/h2-4H,(H,9,10)(H,11,12);2*1H2;;/q;;;;+2/p-2. The summed E-state index contributed by atoms with van der Waals surface area (Å²) in [5, 5.41) is 17.3. The molecule has 0 aliphatic carbocycles. The first-order valence-electron chi connectivity index (χ1n) is 3.89. The van der Waals surface area contributed by atoms with Gasteiger partial charge in [-0.2, -0.15) is 0 Å². The fourth-order valence-electron chi connectivity index (χ4n) is 1.03. The Bertz CT molecular complexity index is 469. The average Bonchev–Trinajstić information content (AvgIpc) is 2.15. The van der Waals surface area contributed by atoms with E-state index in [0.717, 1.165) is 18.2 Å². The van der Waals surface area contributed by atoms with E-state index >= 15 is 0 Å². The van der Waals surface area contributed by atoms with Gasteiger partial charge >= 0.3 is 94.0 Å². The van der Waals surface area contributed by atoms with E-state index in [1.165, 1.54) is 0 Å². The van der Waals surface area contributed by atoms with Crippen LogP contribution in [-0.4, -0.2) is 48.6 Å². The zero-order valence-corrected chi connectivity index (χ0v) is 10.2. The molecule has 0 fully saturated rings. The van der Waals surface area contributed by atoms with Gasteiger partial charge in [0.2, 0.25) is 0 Å². The van der Waals surface area contributed by atoms with Crippen LogP contribution in [-0.2, 0) is 3.02 Å². The minimum atomic E-state index is -5.59. The molecular formula is C8H7O7Sb. The van der Waals surface area contributed by atoms with Crippen molar-refractivity contribution in [3.05, 3.63) is 29.3 Å². The van der Waals surface area contributed by atoms with Crippen LogP contribution in [0.5, 0.6) is 0 Å². The van der Waals surface area contributed by atoms with E-state index < -0.39 is 46.2 Å². The molecule has 0 unspecified atom stereocenters. The number of carbonyl (C=O) groups is 2. The van der Waals surface area contributed by atoms with E-state index in [0.29, 0.717) is 0 Å². The summed E-state index contributed by atoms with van der Waals surface area (Å²) in [7, 11) is 0. The molecule has 0 atom stereocenters. The summed E-state index contributed by atoms with van der Waals surface area (Å²) < 4.78 is 28.3. The molecule has 0 spiro atoms. The molecular weight excluding hydrogens is 330 g/mol. The third-order valence-corrected chi connectivity index (χ3v) is 4.40. The Morgan fingerprint density at radius 3 is 1.56 bits per heavy atom. The van der Waals surface area contributed by atoms with Crippen molar-refractivity contribution in [2.75, 3.05) is 0 Å². The Morgan fingerprint density at radius 2 is 1.31 bits per heavy atom. The number of hydrogen-bond donors (Lipinski definition) is 4. The summed E-state index contributed by atoms with van der Waals surface area (Å²) in [6.45, 7) is 0. The van der Waals surface area contributed by atoms with E-state index in [9.17, 15) is 12.6 Å². The summed E-state index contributed by atoms with van der Waals surface area (Å²) in [6, 6.07) is 2.41. The molecule has 0 amide bonds. The van der Waals surface area contributed by atoms with Gasteiger partial charge in [0, 0.05) is 0 Å². The van der Waals surface area contributed by atoms with Gasteiger partial charge in [-0.15, -0.1) is 0 Å². The molecule has 0 aliphatic rings. The molecule has 8 heteroatoms. The number of benzene rings is 1. The number of carboxylic acid groups (broad SMARTS) is 2. The van der Waals surface area contributed by atoms with Gasteiger partial charge in [-0.25, -0.2) is 0 Å². The van der Waals surface area contributed by atoms with Gasteiger partial charge in [0.1, 0.15) is 0 Å². The molecule has 0 saturated carbocycles. The predicted molar refractivity (Wildman–Crippen MR) is 50.9 cm³/mol. The molecule has 0 radical (unpaired) electrons. The van der Waals surface area contributed by atoms with Crippen LogP contribution in [0.1, 0.15) is 20.7 Å². The van der Waals surface area contributed by atoms with Crippen molar-refractivity contribution in [1.82, 2.24) is 0 Å². The normalized spacial score (nSPS) is 11.1. The van der Waals surface area contributed by atoms with Crippen LogP contribution in [0, 0.1) is 0 Å². The van der Waals surface area contributed by atoms with Crippen LogP contribution in [0.25, 0.3) is 0 Å². The van der Waals surface area contributed by atoms with Crippen molar-refractivity contribution in [3.8, 4) is 0 Å². The van der Waals surface area contributed by atoms with Crippen LogP contribution in [0.4, 0.5) is 0 Å². The van der Waals surface area contributed by atoms with Crippen LogP contribution in [0.2, 0.25) is 0 Å². The van der Waals surface area contributed by atoms with E-state index in [1.54, 1.807) is 0 Å². The quantitative estimate of drug-likeness (QED) is 0.501. The minimum absolute atomic E-state index is 0.466. The number of carboxylic acids is 2. The Morgan fingerprint density at radius 1 is 0.938 bits per heavy atom. The van der Waals surface area contributed by atoms with E-state index in [-0.39, 0.29) is 0 Å². The fourth-order valence-corrected chi connectivity index (χ4v) is 2.78. The number of rotatable bonds is 3. The van der Waals surface area contributed by atoms with Crippen LogP contribution in [0.3, 0.4) is 0 Å². The van der Waals surface area contributed by atoms with Gasteiger partial charge in [0.25, 0.3) is 0 Å². The molecule has 0 aromatic heterocycles. The van der Waals surface area contributed by atoms with E-state index in [2.05, 4.69) is 0 Å². The summed E-state index contributed by atoms with van der Waals surface area (Å²) in [5.41, 5.74) is -0.931. The molecule has 7 nitrogen and oxygen atoms in total. The van der Waals surface area contributed by atoms with E-state index in [4.69, 9.17) is 17.0 Å². The topological polar surface area (TPSA) is 132 Å². The monoisotopic (exact) mass is 336 g/mol. The summed E-state index contributed by atoms with van der Waals surface area (Å²) in [6.07, 6.45) is 0. The molecule has 0 heterocycles. The molecule has 16 heavy (non-hydrogen) atoms. The predicted octanol–water partition coefficient (Wildman–Crippen LogP) is -1.36. The zero-order chi connectivity index (χ0) is 12.5. The van der Waals surface area contributed by atoms with Crippen LogP contribution in [0.15, 0.2) is 18.2 Å². The Hall–Kier alpha value is -1.30. The first-order chi connectivity index (χ1) is 7.21. The van der Waals surface area contributed by atoms with Crippen molar-refractivity contribution < 1.29 is 29.6 Å². The fraction of sp³-hybridized carbons (Fsp3) is 0. The third kappa shape index (κ3) is 2.85. The molecule has 1 rings (SSSR count).